The molecular weight excluding hydrogens is 226 g/mol. The van der Waals surface area contributed by atoms with Crippen LogP contribution in [0.1, 0.15) is 45.2 Å². The fourth-order valence-corrected chi connectivity index (χ4v) is 1.47. The molecule has 3 nitrogen and oxygen atoms in total. The summed E-state index contributed by atoms with van der Waals surface area (Å²) in [4.78, 5) is 11.8. The summed E-state index contributed by atoms with van der Waals surface area (Å²) in [6.45, 7) is 6.57. The third-order valence-corrected chi connectivity index (χ3v) is 2.40. The molecule has 102 valence electrons. The second kappa shape index (κ2) is 10.8. The second-order valence-corrected chi connectivity index (χ2v) is 3.65. The first-order valence-corrected chi connectivity index (χ1v) is 6.68. The Morgan fingerprint density at radius 3 is 2.39 bits per heavy atom. The highest BCUT2D eigenvalue weighted by Gasteiger charge is 2.19. The summed E-state index contributed by atoms with van der Waals surface area (Å²) in [5.74, 6) is -0.206. The summed E-state index contributed by atoms with van der Waals surface area (Å²) in [5, 5.41) is 2.97. The summed E-state index contributed by atoms with van der Waals surface area (Å²) >= 11 is 0. The maximum Gasteiger partial charge on any atom is 0.327 e. The van der Waals surface area contributed by atoms with Gasteiger partial charge in [-0.05, 0) is 19.0 Å². The van der Waals surface area contributed by atoms with E-state index in [4.69, 9.17) is 4.74 Å². The highest BCUT2D eigenvalue weighted by molar-refractivity contribution is 5.77. The van der Waals surface area contributed by atoms with Crippen LogP contribution >= 0.6 is 0 Å². The topological polar surface area (TPSA) is 38.3 Å². The number of likely N-dealkylation sites (N-methyl/N-ethyl adjacent to an activating group) is 1. The molecule has 0 heterocycles. The number of hydrogen-bond donors (Lipinski definition) is 1. The van der Waals surface area contributed by atoms with Crippen molar-refractivity contribution in [2.24, 2.45) is 0 Å². The van der Waals surface area contributed by atoms with Crippen LogP contribution in [0.5, 0.6) is 0 Å². The van der Waals surface area contributed by atoms with Gasteiger partial charge in [0.2, 0.25) is 0 Å². The van der Waals surface area contributed by atoms with Crippen molar-refractivity contribution in [1.82, 2.24) is 5.32 Å². The number of hydrogen-bond acceptors (Lipinski definition) is 3. The summed E-state index contributed by atoms with van der Waals surface area (Å²) in [6.07, 6.45) is 1.94. The molecule has 1 rings (SSSR count). The molecule has 0 aromatic heterocycles. The molecule has 0 radical (unpaired) electrons. The minimum atomic E-state index is -0.363. The lowest BCUT2D eigenvalue weighted by molar-refractivity contribution is -0.146. The fraction of sp³-hybridized carbons (Fsp3) is 0.533. The normalized spacial score (nSPS) is 11.1. The number of benzene rings is 1. The quantitative estimate of drug-likeness (QED) is 0.622. The molecule has 0 saturated heterocycles. The average molecular weight is 251 g/mol. The van der Waals surface area contributed by atoms with Gasteiger partial charge in [0.25, 0.3) is 0 Å². The van der Waals surface area contributed by atoms with Crippen LogP contribution in [-0.4, -0.2) is 19.6 Å². The van der Waals surface area contributed by atoms with Crippen LogP contribution in [-0.2, 0) is 9.53 Å². The van der Waals surface area contributed by atoms with Gasteiger partial charge in [0.1, 0.15) is 6.04 Å². The number of carbonyl (C=O) groups excluding carboxylic acids is 1. The molecule has 0 aliphatic heterocycles. The van der Waals surface area contributed by atoms with E-state index in [2.05, 4.69) is 12.2 Å². The van der Waals surface area contributed by atoms with Gasteiger partial charge < -0.3 is 10.1 Å². The summed E-state index contributed by atoms with van der Waals surface area (Å²) in [5.41, 5.74) is 0.937. The molecule has 0 saturated carbocycles. The molecule has 1 unspecified atom stereocenters. The van der Waals surface area contributed by atoms with E-state index in [1.54, 1.807) is 7.05 Å². The Labute approximate surface area is 111 Å². The van der Waals surface area contributed by atoms with Crippen molar-refractivity contribution in [2.75, 3.05) is 13.7 Å². The molecule has 0 spiro atoms. The van der Waals surface area contributed by atoms with Gasteiger partial charge in [-0.2, -0.15) is 0 Å². The number of unbranched alkanes of at least 4 members (excludes halogenated alkanes) is 1. The highest BCUT2D eigenvalue weighted by Crippen LogP contribution is 2.13. The number of esters is 1. The van der Waals surface area contributed by atoms with Crippen LogP contribution in [0.4, 0.5) is 0 Å². The van der Waals surface area contributed by atoms with Crippen LogP contribution in [0.15, 0.2) is 30.3 Å². The van der Waals surface area contributed by atoms with E-state index >= 15 is 0 Å². The molecular formula is C15H25NO2. The van der Waals surface area contributed by atoms with Crippen molar-refractivity contribution in [3.63, 3.8) is 0 Å². The van der Waals surface area contributed by atoms with Crippen molar-refractivity contribution < 1.29 is 9.53 Å². The van der Waals surface area contributed by atoms with E-state index < -0.39 is 0 Å². The van der Waals surface area contributed by atoms with Gasteiger partial charge >= 0.3 is 5.97 Å². The van der Waals surface area contributed by atoms with Crippen LogP contribution in [0.2, 0.25) is 0 Å². The first-order valence-electron chi connectivity index (χ1n) is 6.68. The van der Waals surface area contributed by atoms with Gasteiger partial charge in [-0.25, -0.2) is 4.79 Å². The summed E-state index contributed by atoms with van der Waals surface area (Å²) in [6, 6.07) is 9.24. The Morgan fingerprint density at radius 2 is 1.89 bits per heavy atom. The van der Waals surface area contributed by atoms with Crippen LogP contribution in [0.25, 0.3) is 0 Å². The molecule has 0 aliphatic carbocycles. The Bertz CT molecular complexity index is 312. The minimum Gasteiger partial charge on any atom is -0.464 e. The summed E-state index contributed by atoms with van der Waals surface area (Å²) in [7, 11) is 1.76. The van der Waals surface area contributed by atoms with Gasteiger partial charge in [0, 0.05) is 0 Å². The van der Waals surface area contributed by atoms with Crippen LogP contribution < -0.4 is 5.32 Å². The van der Waals surface area contributed by atoms with Gasteiger partial charge in [-0.15, -0.1) is 0 Å². The molecule has 18 heavy (non-hydrogen) atoms. The lowest BCUT2D eigenvalue weighted by atomic mass is 10.1. The molecule has 0 bridgehead atoms. The predicted octanol–water partition coefficient (Wildman–Crippen LogP) is 3.32. The molecule has 1 aromatic carbocycles. The average Bonchev–Trinajstić information content (AvgIpc) is 2.43. The van der Waals surface area contributed by atoms with E-state index in [0.717, 1.165) is 18.4 Å². The Kier molecular flexibility index (Phi) is 9.97. The van der Waals surface area contributed by atoms with Gasteiger partial charge in [0.15, 0.2) is 0 Å². The highest BCUT2D eigenvalue weighted by atomic mass is 16.5. The van der Waals surface area contributed by atoms with Crippen LogP contribution in [0.3, 0.4) is 0 Å². The Hall–Kier alpha value is -1.35. The molecule has 0 aliphatic rings. The zero-order chi connectivity index (χ0) is 13.8. The zero-order valence-corrected chi connectivity index (χ0v) is 11.9. The first-order chi connectivity index (χ1) is 8.79. The van der Waals surface area contributed by atoms with Gasteiger partial charge in [0.05, 0.1) is 6.61 Å². The third-order valence-electron chi connectivity index (χ3n) is 2.40. The number of rotatable bonds is 6. The molecule has 1 N–H and O–H groups in total. The van der Waals surface area contributed by atoms with E-state index in [1.807, 2.05) is 44.2 Å². The lowest BCUT2D eigenvalue weighted by Gasteiger charge is -2.15. The van der Waals surface area contributed by atoms with Crippen molar-refractivity contribution in [2.45, 2.75) is 39.7 Å². The first kappa shape index (κ1) is 16.6. The number of carbonyl (C=O) groups is 1. The van der Waals surface area contributed by atoms with Crippen molar-refractivity contribution in [3.05, 3.63) is 35.9 Å². The fourth-order valence-electron chi connectivity index (χ4n) is 1.47. The summed E-state index contributed by atoms with van der Waals surface area (Å²) < 4.78 is 5.19. The van der Waals surface area contributed by atoms with E-state index in [9.17, 15) is 4.79 Å². The smallest absolute Gasteiger partial charge is 0.327 e. The monoisotopic (exact) mass is 251 g/mol. The standard InChI is InChI=1S/C13H19NO2.C2H6/c1-3-4-10-16-13(15)12(14-2)11-8-6-5-7-9-11;1-2/h5-9,12,14H,3-4,10H2,1-2H3;1-2H3. The van der Waals surface area contributed by atoms with Crippen LogP contribution in [0, 0.1) is 0 Å². The number of ether oxygens (including phenoxy) is 1. The largest absolute Gasteiger partial charge is 0.464 e. The van der Waals surface area contributed by atoms with Crippen molar-refractivity contribution in [3.8, 4) is 0 Å². The van der Waals surface area contributed by atoms with Crippen molar-refractivity contribution >= 4 is 5.97 Å². The van der Waals surface area contributed by atoms with E-state index in [1.165, 1.54) is 0 Å². The molecule has 1 atom stereocenters. The maximum atomic E-state index is 11.8. The second-order valence-electron chi connectivity index (χ2n) is 3.65. The molecule has 1 aromatic rings. The van der Waals surface area contributed by atoms with Gasteiger partial charge in [-0.1, -0.05) is 57.5 Å². The molecule has 0 amide bonds. The van der Waals surface area contributed by atoms with E-state index in [0.29, 0.717) is 6.61 Å². The molecule has 3 heteroatoms. The minimum absolute atomic E-state index is 0.206. The van der Waals surface area contributed by atoms with Crippen molar-refractivity contribution in [1.29, 1.82) is 0 Å². The Balaban J connectivity index is 0.00000137. The van der Waals surface area contributed by atoms with E-state index in [-0.39, 0.29) is 12.0 Å². The third kappa shape index (κ3) is 5.82. The molecule has 0 fully saturated rings. The maximum absolute atomic E-state index is 11.8. The SMILES string of the molecule is CC.CCCCOC(=O)C(NC)c1ccccc1. The zero-order valence-electron chi connectivity index (χ0n) is 11.9. The number of nitrogens with one attached hydrogen (secondary N) is 1. The van der Waals surface area contributed by atoms with Gasteiger partial charge in [-0.3, -0.25) is 0 Å². The predicted molar refractivity (Wildman–Crippen MR) is 75.5 cm³/mol. The lowest BCUT2D eigenvalue weighted by Crippen LogP contribution is -2.27. The Morgan fingerprint density at radius 1 is 1.28 bits per heavy atom.